The fourth-order valence-electron chi connectivity index (χ4n) is 5.22. The van der Waals surface area contributed by atoms with Crippen molar-refractivity contribution in [3.05, 3.63) is 71.2 Å². The van der Waals surface area contributed by atoms with Gasteiger partial charge in [-0.15, -0.1) is 0 Å². The molecular weight excluding hydrogens is 484 g/mol. The van der Waals surface area contributed by atoms with Gasteiger partial charge in [-0.05, 0) is 61.7 Å². The third-order valence-electron chi connectivity index (χ3n) is 7.37. The van der Waals surface area contributed by atoms with Gasteiger partial charge in [-0.2, -0.15) is 5.10 Å². The summed E-state index contributed by atoms with van der Waals surface area (Å²) in [5.74, 6) is -2.17. The summed E-state index contributed by atoms with van der Waals surface area (Å²) >= 11 is 0. The Morgan fingerprint density at radius 1 is 0.974 bits per heavy atom. The van der Waals surface area contributed by atoms with E-state index in [0.717, 1.165) is 43.9 Å². The molecule has 0 spiro atoms. The molecule has 0 radical (unpaired) electrons. The summed E-state index contributed by atoms with van der Waals surface area (Å²) in [4.78, 5) is 56.4. The summed E-state index contributed by atoms with van der Waals surface area (Å²) in [6.45, 7) is 3.96. The SMILES string of the molecule is Cc1nccc(-c2cc3c(cnn3C)cc2Nc2cccc3c2C(=O)N(C2CCC(=O)NC2=O)C3=O)c1C. The summed E-state index contributed by atoms with van der Waals surface area (Å²) < 4.78 is 1.80. The lowest BCUT2D eigenvalue weighted by Gasteiger charge is -2.27. The minimum Gasteiger partial charge on any atom is -0.354 e. The zero-order chi connectivity index (χ0) is 26.7. The average Bonchev–Trinajstić information content (AvgIpc) is 3.37. The summed E-state index contributed by atoms with van der Waals surface area (Å²) in [5.41, 5.74) is 6.31. The van der Waals surface area contributed by atoms with Gasteiger partial charge in [0.25, 0.3) is 11.8 Å². The molecule has 2 aromatic carbocycles. The number of fused-ring (bicyclic) bond motifs is 2. The number of aromatic nitrogens is 3. The number of aryl methyl sites for hydroxylation is 2. The number of amides is 4. The Morgan fingerprint density at radius 3 is 2.58 bits per heavy atom. The average molecular weight is 509 g/mol. The van der Waals surface area contributed by atoms with Gasteiger partial charge in [0.15, 0.2) is 0 Å². The molecule has 2 aliphatic rings. The molecule has 4 amide bonds. The predicted molar refractivity (Wildman–Crippen MR) is 140 cm³/mol. The van der Waals surface area contributed by atoms with Gasteiger partial charge in [-0.25, -0.2) is 0 Å². The first-order valence-corrected chi connectivity index (χ1v) is 12.2. The Kier molecular flexibility index (Phi) is 5.34. The third-order valence-corrected chi connectivity index (χ3v) is 7.37. The van der Waals surface area contributed by atoms with Gasteiger partial charge in [0.05, 0.1) is 28.5 Å². The van der Waals surface area contributed by atoms with Crippen molar-refractivity contribution in [2.75, 3.05) is 5.32 Å². The van der Waals surface area contributed by atoms with Crippen LogP contribution < -0.4 is 10.6 Å². The van der Waals surface area contributed by atoms with E-state index in [4.69, 9.17) is 0 Å². The molecule has 0 saturated carbocycles. The standard InChI is InChI=1S/C28H24N6O4/c1-14-15(2)29-10-9-17(14)19-12-23-16(13-30-33(23)3)11-21(19)31-20-6-4-5-18-25(20)28(38)34(27(18)37)22-7-8-24(35)32-26(22)36/h4-6,9-13,22,31H,7-8H2,1-3H3,(H,32,35,36). The number of carbonyl (C=O) groups is 4. The number of carbonyl (C=O) groups excluding carboxylic acids is 4. The number of benzene rings is 2. The van der Waals surface area contributed by atoms with Gasteiger partial charge < -0.3 is 5.32 Å². The molecule has 10 nitrogen and oxygen atoms in total. The number of piperidine rings is 1. The monoisotopic (exact) mass is 508 g/mol. The van der Waals surface area contributed by atoms with E-state index in [9.17, 15) is 19.2 Å². The summed E-state index contributed by atoms with van der Waals surface area (Å²) in [6.07, 6.45) is 3.69. The van der Waals surface area contributed by atoms with Gasteiger partial charge in [-0.1, -0.05) is 6.07 Å². The highest BCUT2D eigenvalue weighted by Crippen LogP contribution is 2.39. The summed E-state index contributed by atoms with van der Waals surface area (Å²) in [7, 11) is 1.88. The van der Waals surface area contributed by atoms with Gasteiger partial charge >= 0.3 is 0 Å². The second kappa shape index (κ2) is 8.62. The maximum Gasteiger partial charge on any atom is 0.264 e. The molecule has 2 N–H and O–H groups in total. The van der Waals surface area contributed by atoms with E-state index in [-0.39, 0.29) is 24.0 Å². The van der Waals surface area contributed by atoms with Crippen LogP contribution in [0.5, 0.6) is 0 Å². The highest BCUT2D eigenvalue weighted by Gasteiger charge is 2.45. The predicted octanol–water partition coefficient (Wildman–Crippen LogP) is 3.40. The largest absolute Gasteiger partial charge is 0.354 e. The van der Waals surface area contributed by atoms with E-state index in [1.165, 1.54) is 0 Å². The lowest BCUT2D eigenvalue weighted by atomic mass is 9.97. The van der Waals surface area contributed by atoms with Crippen LogP contribution in [-0.2, 0) is 16.6 Å². The minimum absolute atomic E-state index is 0.0636. The molecule has 1 fully saturated rings. The molecule has 6 rings (SSSR count). The third kappa shape index (κ3) is 3.56. The minimum atomic E-state index is -1.03. The van der Waals surface area contributed by atoms with Gasteiger partial charge in [-0.3, -0.25) is 39.1 Å². The van der Waals surface area contributed by atoms with Crippen LogP contribution in [0.3, 0.4) is 0 Å². The van der Waals surface area contributed by atoms with Crippen molar-refractivity contribution < 1.29 is 19.2 Å². The second-order valence-electron chi connectivity index (χ2n) is 9.59. The fraction of sp³-hybridized carbons (Fsp3) is 0.214. The van der Waals surface area contributed by atoms with E-state index in [0.29, 0.717) is 5.69 Å². The van der Waals surface area contributed by atoms with Crippen molar-refractivity contribution in [3.63, 3.8) is 0 Å². The maximum atomic E-state index is 13.6. The van der Waals surface area contributed by atoms with Crippen molar-refractivity contribution in [2.45, 2.75) is 32.7 Å². The van der Waals surface area contributed by atoms with Crippen molar-refractivity contribution in [3.8, 4) is 11.1 Å². The summed E-state index contributed by atoms with van der Waals surface area (Å²) in [5, 5.41) is 10.9. The number of pyridine rings is 1. The molecule has 2 aliphatic heterocycles. The maximum absolute atomic E-state index is 13.6. The molecule has 10 heteroatoms. The first-order chi connectivity index (χ1) is 18.2. The molecule has 38 heavy (non-hydrogen) atoms. The number of anilines is 2. The number of hydrogen-bond acceptors (Lipinski definition) is 7. The Morgan fingerprint density at radius 2 is 1.79 bits per heavy atom. The van der Waals surface area contributed by atoms with Crippen molar-refractivity contribution in [1.82, 2.24) is 25.0 Å². The zero-order valence-electron chi connectivity index (χ0n) is 21.0. The van der Waals surface area contributed by atoms with Crippen LogP contribution in [0.2, 0.25) is 0 Å². The van der Waals surface area contributed by atoms with Crippen molar-refractivity contribution in [2.24, 2.45) is 7.05 Å². The Balaban J connectivity index is 1.46. The topological polar surface area (TPSA) is 126 Å². The van der Waals surface area contributed by atoms with Gasteiger partial charge in [0.2, 0.25) is 11.8 Å². The molecule has 1 saturated heterocycles. The number of hydrogen-bond donors (Lipinski definition) is 2. The smallest absolute Gasteiger partial charge is 0.264 e. The highest BCUT2D eigenvalue weighted by atomic mass is 16.2. The van der Waals surface area contributed by atoms with E-state index in [1.54, 1.807) is 35.3 Å². The number of nitrogens with one attached hydrogen (secondary N) is 2. The quantitative estimate of drug-likeness (QED) is 0.405. The van der Waals surface area contributed by atoms with Crippen LogP contribution in [0.15, 0.2) is 48.8 Å². The zero-order valence-corrected chi connectivity index (χ0v) is 21.0. The number of rotatable bonds is 4. The first-order valence-electron chi connectivity index (χ1n) is 12.2. The van der Waals surface area contributed by atoms with E-state index in [2.05, 4.69) is 20.7 Å². The van der Waals surface area contributed by atoms with E-state index in [1.807, 2.05) is 39.1 Å². The van der Waals surface area contributed by atoms with Gasteiger partial charge in [0.1, 0.15) is 6.04 Å². The van der Waals surface area contributed by atoms with Crippen LogP contribution in [0.25, 0.3) is 22.0 Å². The molecular formula is C28H24N6O4. The Labute approximate surface area is 217 Å². The first kappa shape index (κ1) is 23.5. The molecule has 4 aromatic rings. The molecule has 0 aliphatic carbocycles. The fourth-order valence-corrected chi connectivity index (χ4v) is 5.22. The van der Waals surface area contributed by atoms with Crippen molar-refractivity contribution >= 4 is 45.9 Å². The number of imide groups is 2. The molecule has 4 heterocycles. The molecule has 0 bridgehead atoms. The second-order valence-corrected chi connectivity index (χ2v) is 9.59. The molecule has 1 unspecified atom stereocenters. The summed E-state index contributed by atoms with van der Waals surface area (Å²) in [6, 6.07) is 9.93. The van der Waals surface area contributed by atoms with E-state index >= 15 is 0 Å². The lowest BCUT2D eigenvalue weighted by Crippen LogP contribution is -2.54. The Hall–Kier alpha value is -4.86. The molecule has 190 valence electrons. The van der Waals surface area contributed by atoms with Crippen LogP contribution in [0.4, 0.5) is 11.4 Å². The van der Waals surface area contributed by atoms with Gasteiger partial charge in [0, 0.05) is 42.0 Å². The highest BCUT2D eigenvalue weighted by molar-refractivity contribution is 6.25. The lowest BCUT2D eigenvalue weighted by molar-refractivity contribution is -0.136. The normalized spacial score (nSPS) is 17.2. The molecule has 2 aromatic heterocycles. The Bertz CT molecular complexity index is 1710. The van der Waals surface area contributed by atoms with Crippen LogP contribution in [-0.4, -0.2) is 49.3 Å². The van der Waals surface area contributed by atoms with E-state index < -0.39 is 29.7 Å². The molecule has 1 atom stereocenters. The van der Waals surface area contributed by atoms with Crippen LogP contribution in [0.1, 0.15) is 44.8 Å². The van der Waals surface area contributed by atoms with Crippen molar-refractivity contribution in [1.29, 1.82) is 0 Å². The van der Waals surface area contributed by atoms with Crippen LogP contribution >= 0.6 is 0 Å². The van der Waals surface area contributed by atoms with Crippen LogP contribution in [0, 0.1) is 13.8 Å². The number of nitrogens with zero attached hydrogens (tertiary/aromatic N) is 4.